The molecule has 0 aliphatic heterocycles. The van der Waals surface area contributed by atoms with Crippen molar-refractivity contribution in [3.8, 4) is 0 Å². The van der Waals surface area contributed by atoms with Crippen molar-refractivity contribution < 1.29 is 4.42 Å². The van der Waals surface area contributed by atoms with Gasteiger partial charge in [-0.15, -0.1) is 0 Å². The van der Waals surface area contributed by atoms with Gasteiger partial charge in [0.2, 0.25) is 0 Å². The summed E-state index contributed by atoms with van der Waals surface area (Å²) < 4.78 is 5.41. The Labute approximate surface area is 77.7 Å². The molecule has 0 radical (unpaired) electrons. The molecule has 2 rings (SSSR count). The molecule has 0 saturated carbocycles. The van der Waals surface area contributed by atoms with Crippen molar-refractivity contribution in [2.45, 2.75) is 13.3 Å². The maximum atomic E-state index is 5.41. The number of furan rings is 1. The molecule has 2 aromatic rings. The summed E-state index contributed by atoms with van der Waals surface area (Å²) in [7, 11) is 0. The minimum atomic E-state index is 0.900. The number of fused-ring (bicyclic) bond motifs is 1. The Balaban J connectivity index is 2.51. The molecule has 0 saturated heterocycles. The van der Waals surface area contributed by atoms with Gasteiger partial charge in [-0.05, 0) is 19.4 Å². The lowest BCUT2D eigenvalue weighted by Crippen LogP contribution is -1.81. The Hall–Kier alpha value is -1.50. The molecular weight excluding hydrogens is 160 g/mol. The molecule has 0 aliphatic rings. The Kier molecular flexibility index (Phi) is 1.93. The molecule has 0 amide bonds. The van der Waals surface area contributed by atoms with Gasteiger partial charge in [0.15, 0.2) is 0 Å². The highest BCUT2D eigenvalue weighted by Gasteiger charge is 2.03. The molecule has 0 unspecified atom stereocenters. The fourth-order valence-electron chi connectivity index (χ4n) is 1.49. The molecule has 0 atom stereocenters. The van der Waals surface area contributed by atoms with Gasteiger partial charge in [-0.3, -0.25) is 0 Å². The van der Waals surface area contributed by atoms with Crippen molar-refractivity contribution in [1.82, 2.24) is 0 Å². The Morgan fingerprint density at radius 2 is 2.15 bits per heavy atom. The van der Waals surface area contributed by atoms with E-state index < -0.39 is 0 Å². The van der Waals surface area contributed by atoms with E-state index in [1.54, 1.807) is 0 Å². The lowest BCUT2D eigenvalue weighted by atomic mass is 10.1. The van der Waals surface area contributed by atoms with E-state index in [2.05, 4.69) is 12.6 Å². The molecule has 1 nitrogen and oxygen atoms in total. The zero-order valence-corrected chi connectivity index (χ0v) is 7.71. The van der Waals surface area contributed by atoms with E-state index in [1.165, 1.54) is 10.9 Å². The molecule has 0 aliphatic carbocycles. The maximum Gasteiger partial charge on any atom is 0.134 e. The molecule has 1 heterocycles. The third-order valence-electron chi connectivity index (χ3n) is 2.05. The summed E-state index contributed by atoms with van der Waals surface area (Å²) in [6.07, 6.45) is 2.72. The Bertz CT molecular complexity index is 437. The summed E-state index contributed by atoms with van der Waals surface area (Å²) in [5.41, 5.74) is 3.34. The van der Waals surface area contributed by atoms with Crippen LogP contribution in [0.15, 0.2) is 47.1 Å². The summed E-state index contributed by atoms with van der Waals surface area (Å²) in [5, 5.41) is 1.20. The van der Waals surface area contributed by atoms with E-state index in [-0.39, 0.29) is 0 Å². The minimum absolute atomic E-state index is 0.900. The number of hydrogen-bond donors (Lipinski definition) is 0. The van der Waals surface area contributed by atoms with Crippen molar-refractivity contribution in [2.75, 3.05) is 0 Å². The van der Waals surface area contributed by atoms with Crippen LogP contribution in [0.4, 0.5) is 0 Å². The number of hydrogen-bond acceptors (Lipinski definition) is 1. The van der Waals surface area contributed by atoms with Gasteiger partial charge in [0, 0.05) is 10.9 Å². The monoisotopic (exact) mass is 172 g/mol. The van der Waals surface area contributed by atoms with E-state index >= 15 is 0 Å². The van der Waals surface area contributed by atoms with Crippen molar-refractivity contribution in [2.24, 2.45) is 0 Å². The summed E-state index contributed by atoms with van der Waals surface area (Å²) in [4.78, 5) is 0. The molecule has 0 N–H and O–H groups in total. The highest BCUT2D eigenvalue weighted by molar-refractivity contribution is 5.81. The predicted octanol–water partition coefficient (Wildman–Crippen LogP) is 3.55. The number of rotatable bonds is 2. The lowest BCUT2D eigenvalue weighted by molar-refractivity contribution is 0.611. The van der Waals surface area contributed by atoms with Gasteiger partial charge in [0.1, 0.15) is 5.58 Å². The second-order valence-electron chi connectivity index (χ2n) is 3.39. The highest BCUT2D eigenvalue weighted by atomic mass is 16.3. The molecule has 13 heavy (non-hydrogen) atoms. The first-order valence-electron chi connectivity index (χ1n) is 4.37. The minimum Gasteiger partial charge on any atom is -0.464 e. The van der Waals surface area contributed by atoms with Crippen LogP contribution in [0.3, 0.4) is 0 Å². The third kappa shape index (κ3) is 1.50. The van der Waals surface area contributed by atoms with E-state index in [0.29, 0.717) is 0 Å². The molecule has 1 heteroatoms. The van der Waals surface area contributed by atoms with Crippen molar-refractivity contribution >= 4 is 11.0 Å². The van der Waals surface area contributed by atoms with Gasteiger partial charge < -0.3 is 4.42 Å². The van der Waals surface area contributed by atoms with E-state index in [0.717, 1.165) is 17.6 Å². The van der Waals surface area contributed by atoms with Crippen LogP contribution in [-0.2, 0) is 6.42 Å². The van der Waals surface area contributed by atoms with E-state index in [1.807, 2.05) is 31.4 Å². The van der Waals surface area contributed by atoms with Crippen LogP contribution in [0, 0.1) is 0 Å². The fourth-order valence-corrected chi connectivity index (χ4v) is 1.49. The quantitative estimate of drug-likeness (QED) is 0.631. The predicted molar refractivity (Wildman–Crippen MR) is 54.7 cm³/mol. The van der Waals surface area contributed by atoms with E-state index in [4.69, 9.17) is 4.42 Å². The summed E-state index contributed by atoms with van der Waals surface area (Å²) in [5.74, 6) is 0. The van der Waals surface area contributed by atoms with Crippen LogP contribution < -0.4 is 0 Å². The molecular formula is C12H12O. The summed E-state index contributed by atoms with van der Waals surface area (Å²) in [6, 6.07) is 8.07. The Morgan fingerprint density at radius 3 is 2.92 bits per heavy atom. The first-order valence-corrected chi connectivity index (χ1v) is 4.37. The first-order chi connectivity index (χ1) is 6.27. The van der Waals surface area contributed by atoms with Crippen molar-refractivity contribution in [3.63, 3.8) is 0 Å². The van der Waals surface area contributed by atoms with Gasteiger partial charge in [-0.1, -0.05) is 30.4 Å². The van der Waals surface area contributed by atoms with Gasteiger partial charge in [-0.2, -0.15) is 0 Å². The van der Waals surface area contributed by atoms with Crippen LogP contribution in [-0.4, -0.2) is 0 Å². The lowest BCUT2D eigenvalue weighted by Gasteiger charge is -1.95. The second kappa shape index (κ2) is 3.09. The van der Waals surface area contributed by atoms with Crippen LogP contribution in [0.5, 0.6) is 0 Å². The fraction of sp³-hybridized carbons (Fsp3) is 0.167. The smallest absolute Gasteiger partial charge is 0.134 e. The number of allylic oxidation sites excluding steroid dienone is 1. The molecule has 0 bridgehead atoms. The molecule has 1 aromatic heterocycles. The maximum absolute atomic E-state index is 5.41. The van der Waals surface area contributed by atoms with E-state index in [9.17, 15) is 0 Å². The van der Waals surface area contributed by atoms with Gasteiger partial charge >= 0.3 is 0 Å². The zero-order valence-electron chi connectivity index (χ0n) is 7.71. The normalized spacial score (nSPS) is 10.5. The molecule has 0 fully saturated rings. The van der Waals surface area contributed by atoms with Crippen LogP contribution >= 0.6 is 0 Å². The number of para-hydroxylation sites is 1. The van der Waals surface area contributed by atoms with Crippen LogP contribution in [0.2, 0.25) is 0 Å². The van der Waals surface area contributed by atoms with Crippen LogP contribution in [0.1, 0.15) is 12.5 Å². The SMILES string of the molecule is C=C(C)Cc1coc2ccccc12. The van der Waals surface area contributed by atoms with Crippen LogP contribution in [0.25, 0.3) is 11.0 Å². The van der Waals surface area contributed by atoms with Crippen molar-refractivity contribution in [3.05, 3.63) is 48.2 Å². The standard InChI is InChI=1S/C12H12O/c1-9(2)7-10-8-13-12-6-4-3-5-11(10)12/h3-6,8H,1,7H2,2H3. The Morgan fingerprint density at radius 1 is 1.38 bits per heavy atom. The topological polar surface area (TPSA) is 13.1 Å². The largest absolute Gasteiger partial charge is 0.464 e. The van der Waals surface area contributed by atoms with Gasteiger partial charge in [0.25, 0.3) is 0 Å². The summed E-state index contributed by atoms with van der Waals surface area (Å²) >= 11 is 0. The molecule has 0 spiro atoms. The third-order valence-corrected chi connectivity index (χ3v) is 2.05. The second-order valence-corrected chi connectivity index (χ2v) is 3.39. The zero-order chi connectivity index (χ0) is 9.26. The average Bonchev–Trinajstić information content (AvgIpc) is 2.48. The van der Waals surface area contributed by atoms with Crippen molar-refractivity contribution in [1.29, 1.82) is 0 Å². The molecule has 66 valence electrons. The first kappa shape index (κ1) is 8.11. The highest BCUT2D eigenvalue weighted by Crippen LogP contribution is 2.22. The average molecular weight is 172 g/mol. The molecule has 1 aromatic carbocycles. The summed E-state index contributed by atoms with van der Waals surface area (Å²) in [6.45, 7) is 5.92. The number of benzene rings is 1. The van der Waals surface area contributed by atoms with Gasteiger partial charge in [-0.25, -0.2) is 0 Å². The van der Waals surface area contributed by atoms with Gasteiger partial charge in [0.05, 0.1) is 6.26 Å².